The number of hydrogen-bond donors (Lipinski definition) is 7. The van der Waals surface area contributed by atoms with Crippen molar-refractivity contribution >= 4 is 49.9 Å². The van der Waals surface area contributed by atoms with Gasteiger partial charge >= 0.3 is 12.1 Å². The molecular weight excluding hydrogens is 989 g/mol. The number of carbonyl (C=O) groups excluding carboxylic acids is 2. The Labute approximate surface area is 433 Å². The number of nitrogens with one attached hydrogen (secondary N) is 4. The fraction of sp³-hybridized carbons (Fsp3) is 0.453. The first kappa shape index (κ1) is 54.9. The topological polar surface area (TPSA) is 292 Å². The van der Waals surface area contributed by atoms with Gasteiger partial charge in [0.05, 0.1) is 9.79 Å². The molecule has 0 bridgehead atoms. The molecule has 2 atom stereocenters. The normalized spacial score (nSPS) is 16.4. The molecule has 0 radical (unpaired) electrons. The fourth-order valence-corrected chi connectivity index (χ4v) is 13.4. The molecule has 4 aromatic carbocycles. The van der Waals surface area contributed by atoms with E-state index in [0.717, 1.165) is 33.4 Å². The van der Waals surface area contributed by atoms with Crippen molar-refractivity contribution in [2.45, 2.75) is 147 Å². The van der Waals surface area contributed by atoms with Crippen LogP contribution in [0.1, 0.15) is 115 Å². The molecule has 398 valence electrons. The van der Waals surface area contributed by atoms with E-state index in [2.05, 4.69) is 30.1 Å². The maximum Gasteiger partial charge on any atom is 0.407 e. The number of carboxylic acids is 1. The van der Waals surface area contributed by atoms with Crippen molar-refractivity contribution in [1.82, 2.24) is 20.1 Å². The lowest BCUT2D eigenvalue weighted by atomic mass is 9.94. The SMILES string of the molecule is Cc1c(C)c(S(=O)(=O)NC(N)=NCCCC(NC(=O)C(CCCN=C(N)NS(=O)(=O)c2c(C)c(C)c3c(c2C)CC(C)(C)O3)NC(=O)OCC2c3ccccc3-c3ccccc32)C(=O)O)c(C)c2c1OC(C)(C)C2. The molecule has 1 aliphatic carbocycles. The molecule has 2 unspecified atom stereocenters. The minimum Gasteiger partial charge on any atom is -0.487 e. The molecule has 2 amide bonds. The van der Waals surface area contributed by atoms with E-state index >= 15 is 0 Å². The number of nitrogens with two attached hydrogens (primary N) is 2. The fourth-order valence-electron chi connectivity index (χ4n) is 10.3. The molecular formula is C53H68N8O11S2. The van der Waals surface area contributed by atoms with Crippen molar-refractivity contribution in [2.75, 3.05) is 19.7 Å². The van der Waals surface area contributed by atoms with E-state index in [9.17, 15) is 36.3 Å². The van der Waals surface area contributed by atoms with Crippen LogP contribution in [0.4, 0.5) is 4.79 Å². The number of sulfonamides is 2. The van der Waals surface area contributed by atoms with Crippen LogP contribution in [0.5, 0.6) is 11.5 Å². The second kappa shape index (κ2) is 21.2. The van der Waals surface area contributed by atoms with Gasteiger partial charge in [-0.15, -0.1) is 0 Å². The third kappa shape index (κ3) is 11.6. The molecule has 4 aromatic rings. The van der Waals surface area contributed by atoms with Crippen molar-refractivity contribution in [3.63, 3.8) is 0 Å². The van der Waals surface area contributed by atoms with Crippen LogP contribution in [-0.4, -0.2) is 94.8 Å². The van der Waals surface area contributed by atoms with Gasteiger partial charge in [0, 0.05) is 43.0 Å². The summed E-state index contributed by atoms with van der Waals surface area (Å²) in [5.41, 5.74) is 20.3. The highest BCUT2D eigenvalue weighted by Gasteiger charge is 2.39. The maximum absolute atomic E-state index is 13.9. The van der Waals surface area contributed by atoms with E-state index in [1.807, 2.05) is 83.1 Å². The molecule has 74 heavy (non-hydrogen) atoms. The van der Waals surface area contributed by atoms with Crippen LogP contribution in [0.15, 0.2) is 68.3 Å². The van der Waals surface area contributed by atoms with Crippen LogP contribution in [0, 0.1) is 41.5 Å². The molecule has 2 heterocycles. The van der Waals surface area contributed by atoms with Gasteiger partial charge in [-0.05, 0) is 151 Å². The summed E-state index contributed by atoms with van der Waals surface area (Å²) in [5, 5.41) is 15.3. The van der Waals surface area contributed by atoms with Gasteiger partial charge in [-0.25, -0.2) is 35.9 Å². The second-order valence-corrected chi connectivity index (χ2v) is 23.8. The van der Waals surface area contributed by atoms with E-state index in [-0.39, 0.29) is 61.1 Å². The van der Waals surface area contributed by atoms with E-state index in [1.54, 1.807) is 34.6 Å². The Kier molecular flexibility index (Phi) is 15.7. The molecule has 21 heteroatoms. The largest absolute Gasteiger partial charge is 0.487 e. The Hall–Kier alpha value is -6.87. The van der Waals surface area contributed by atoms with Gasteiger partial charge in [-0.2, -0.15) is 0 Å². The molecule has 3 aliphatic rings. The molecule has 0 saturated heterocycles. The number of guanidine groups is 2. The van der Waals surface area contributed by atoms with Crippen molar-refractivity contribution < 1.29 is 50.5 Å². The zero-order valence-corrected chi connectivity index (χ0v) is 45.2. The number of amides is 2. The minimum atomic E-state index is -4.21. The number of ether oxygens (including phenoxy) is 3. The first-order valence-electron chi connectivity index (χ1n) is 24.6. The van der Waals surface area contributed by atoms with E-state index in [1.165, 1.54) is 0 Å². The first-order chi connectivity index (χ1) is 34.6. The van der Waals surface area contributed by atoms with E-state index < -0.39 is 73.2 Å². The number of benzene rings is 4. The highest BCUT2D eigenvalue weighted by molar-refractivity contribution is 7.90. The zero-order valence-electron chi connectivity index (χ0n) is 43.6. The Morgan fingerprint density at radius 2 is 1.08 bits per heavy atom. The number of hydrogen-bond acceptors (Lipinski definition) is 12. The van der Waals surface area contributed by atoms with Crippen molar-refractivity contribution in [3.05, 3.63) is 104 Å². The molecule has 2 aliphatic heterocycles. The number of rotatable bonds is 18. The summed E-state index contributed by atoms with van der Waals surface area (Å²) in [6.07, 6.45) is 0.0407. The summed E-state index contributed by atoms with van der Waals surface area (Å²) >= 11 is 0. The lowest BCUT2D eigenvalue weighted by molar-refractivity contribution is -0.142. The summed E-state index contributed by atoms with van der Waals surface area (Å²) in [7, 11) is -8.40. The molecule has 19 nitrogen and oxygen atoms in total. The lowest BCUT2D eigenvalue weighted by Gasteiger charge is -2.22. The smallest absolute Gasteiger partial charge is 0.407 e. The van der Waals surface area contributed by atoms with Crippen molar-refractivity contribution in [3.8, 4) is 22.6 Å². The Morgan fingerprint density at radius 1 is 0.662 bits per heavy atom. The number of carboxylic acid groups (broad SMARTS) is 1. The first-order valence-corrected chi connectivity index (χ1v) is 27.5. The standard InChI is InChI=1S/C53H68N8O11S2/c1-28-30(3)45(32(5)38-25-52(7,8)71-43(28)38)73(66,67)60-49(54)56-23-15-21-41(59-51(65)70-27-40-36-19-13-11-17-34(36)35-18-12-14-20-37(35)40)47(62)58-42(48(63)64)22-16-24-57-50(55)61-74(68,69)46-31(4)29(2)44-39(33(46)6)26-53(9,10)72-44/h11-14,17-20,40-42H,15-16,21-27H2,1-10H3,(H,58,62)(H,59,65)(H,63,64)(H3,54,56,60)(H3,55,57,61). The summed E-state index contributed by atoms with van der Waals surface area (Å²) in [6.45, 7) is 18.0. The van der Waals surface area contributed by atoms with Crippen LogP contribution in [0.2, 0.25) is 0 Å². The number of aliphatic carboxylic acids is 1. The zero-order chi connectivity index (χ0) is 54.2. The van der Waals surface area contributed by atoms with Crippen molar-refractivity contribution in [1.29, 1.82) is 0 Å². The number of alkyl carbamates (subject to hydrolysis) is 1. The van der Waals surface area contributed by atoms with Gasteiger partial charge in [0.1, 0.15) is 41.4 Å². The van der Waals surface area contributed by atoms with E-state index in [0.29, 0.717) is 57.7 Å². The molecule has 0 fully saturated rings. The van der Waals surface area contributed by atoms with Crippen LogP contribution in [0.3, 0.4) is 0 Å². The van der Waals surface area contributed by atoms with Gasteiger partial charge in [-0.1, -0.05) is 48.5 Å². The molecule has 9 N–H and O–H groups in total. The quantitative estimate of drug-likeness (QED) is 0.0348. The molecule has 7 rings (SSSR count). The number of aliphatic imine (C=N–C) groups is 2. The van der Waals surface area contributed by atoms with Gasteiger partial charge in [0.25, 0.3) is 20.0 Å². The maximum atomic E-state index is 13.9. The Morgan fingerprint density at radius 3 is 1.51 bits per heavy atom. The third-order valence-electron chi connectivity index (χ3n) is 14.0. The molecule has 0 aromatic heterocycles. The van der Waals surface area contributed by atoms with Crippen LogP contribution in [0.25, 0.3) is 11.1 Å². The monoisotopic (exact) mass is 1060 g/mol. The van der Waals surface area contributed by atoms with Crippen LogP contribution >= 0.6 is 0 Å². The average Bonchev–Trinajstić information content (AvgIpc) is 3.95. The highest BCUT2D eigenvalue weighted by Crippen LogP contribution is 2.46. The molecule has 0 spiro atoms. The number of fused-ring (bicyclic) bond motifs is 5. The predicted octanol–water partition coefficient (Wildman–Crippen LogP) is 5.89. The van der Waals surface area contributed by atoms with Gasteiger partial charge in [-0.3, -0.25) is 14.8 Å². The van der Waals surface area contributed by atoms with Gasteiger partial charge in [0.15, 0.2) is 0 Å². The van der Waals surface area contributed by atoms with E-state index in [4.69, 9.17) is 25.7 Å². The minimum absolute atomic E-state index is 0.0559. The number of carbonyl (C=O) groups is 3. The Bertz CT molecular complexity index is 3160. The summed E-state index contributed by atoms with van der Waals surface area (Å²) in [6, 6.07) is 12.8. The van der Waals surface area contributed by atoms with Crippen molar-refractivity contribution in [2.24, 2.45) is 21.5 Å². The van der Waals surface area contributed by atoms with Gasteiger partial charge < -0.3 is 41.4 Å². The van der Waals surface area contributed by atoms with Gasteiger partial charge in [0.2, 0.25) is 17.8 Å². The predicted molar refractivity (Wildman–Crippen MR) is 282 cm³/mol. The summed E-state index contributed by atoms with van der Waals surface area (Å²) in [5.74, 6) is -1.93. The third-order valence-corrected chi connectivity index (χ3v) is 17.3. The van der Waals surface area contributed by atoms with Crippen LogP contribution < -0.4 is 41.0 Å². The Balaban J connectivity index is 1.01. The van der Waals surface area contributed by atoms with Crippen LogP contribution in [-0.2, 0) is 47.2 Å². The average molecular weight is 1060 g/mol. The second-order valence-electron chi connectivity index (χ2n) is 20.6. The lowest BCUT2D eigenvalue weighted by Crippen LogP contribution is -2.51. The summed E-state index contributed by atoms with van der Waals surface area (Å²) in [4.78, 5) is 48.5. The summed E-state index contributed by atoms with van der Waals surface area (Å²) < 4.78 is 77.7. The number of nitrogens with zero attached hydrogens (tertiary/aromatic N) is 2. The molecule has 0 saturated carbocycles. The highest BCUT2D eigenvalue weighted by atomic mass is 32.2.